The topological polar surface area (TPSA) is 64.4 Å². The van der Waals surface area contributed by atoms with Crippen molar-refractivity contribution in [2.75, 3.05) is 27.7 Å². The highest BCUT2D eigenvalue weighted by molar-refractivity contribution is 7.86. The van der Waals surface area contributed by atoms with Crippen LogP contribution in [-0.4, -0.2) is 44.7 Å². The minimum absolute atomic E-state index is 0.212. The van der Waals surface area contributed by atoms with Gasteiger partial charge in [-0.05, 0) is 0 Å². The van der Waals surface area contributed by atoms with Gasteiger partial charge in [-0.2, -0.15) is 22.3 Å². The van der Waals surface area contributed by atoms with Crippen molar-refractivity contribution >= 4 is 10.2 Å². The molecule has 0 spiro atoms. The Hall–Kier alpha value is -0.640. The first kappa shape index (κ1) is 11.4. The fourth-order valence-corrected chi connectivity index (χ4v) is 1.48. The highest BCUT2D eigenvalue weighted by Crippen LogP contribution is 2.00. The van der Waals surface area contributed by atoms with Gasteiger partial charge in [-0.1, -0.05) is 0 Å². The van der Waals surface area contributed by atoms with Crippen LogP contribution in [0.3, 0.4) is 0 Å². The molecule has 5 nitrogen and oxygen atoms in total. The van der Waals surface area contributed by atoms with E-state index in [4.69, 9.17) is 5.26 Å². The summed E-state index contributed by atoms with van der Waals surface area (Å²) in [4.78, 5) is 0. The molecule has 0 rings (SSSR count). The Morgan fingerprint density at radius 3 is 2.17 bits per heavy atom. The second-order valence-electron chi connectivity index (χ2n) is 2.52. The lowest BCUT2D eigenvalue weighted by Crippen LogP contribution is -2.37. The summed E-state index contributed by atoms with van der Waals surface area (Å²) in [5, 5.41) is 8.23. The third kappa shape index (κ3) is 2.77. The Bertz CT molecular complexity index is 265. The van der Waals surface area contributed by atoms with Gasteiger partial charge >= 0.3 is 0 Å². The van der Waals surface area contributed by atoms with Crippen molar-refractivity contribution in [3.8, 4) is 6.07 Å². The predicted molar refractivity (Wildman–Crippen MR) is 45.5 cm³/mol. The molecule has 0 aromatic carbocycles. The van der Waals surface area contributed by atoms with Crippen molar-refractivity contribution in [1.82, 2.24) is 8.61 Å². The van der Waals surface area contributed by atoms with Gasteiger partial charge in [-0.3, -0.25) is 0 Å². The molecule has 0 aromatic rings. The second kappa shape index (κ2) is 4.40. The van der Waals surface area contributed by atoms with Crippen molar-refractivity contribution in [3.63, 3.8) is 0 Å². The van der Waals surface area contributed by atoms with Gasteiger partial charge in [0, 0.05) is 34.1 Å². The maximum atomic E-state index is 11.3. The summed E-state index contributed by atoms with van der Waals surface area (Å²) in [6, 6.07) is 1.88. The molecule has 0 unspecified atom stereocenters. The summed E-state index contributed by atoms with van der Waals surface area (Å²) in [5.41, 5.74) is 0. The zero-order valence-corrected chi connectivity index (χ0v) is 8.30. The summed E-state index contributed by atoms with van der Waals surface area (Å²) in [5.74, 6) is 0. The summed E-state index contributed by atoms with van der Waals surface area (Å²) in [7, 11) is 1.03. The molecule has 0 radical (unpaired) electrons. The summed E-state index contributed by atoms with van der Waals surface area (Å²) >= 11 is 0. The third-order valence-corrected chi connectivity index (χ3v) is 3.29. The van der Waals surface area contributed by atoms with Crippen LogP contribution in [0.15, 0.2) is 0 Å². The first-order chi connectivity index (χ1) is 5.42. The van der Waals surface area contributed by atoms with Crippen LogP contribution in [0.25, 0.3) is 0 Å². The number of rotatable bonds is 4. The van der Waals surface area contributed by atoms with E-state index in [1.807, 2.05) is 6.07 Å². The summed E-state index contributed by atoms with van der Waals surface area (Å²) in [6.07, 6.45) is 0.212. The van der Waals surface area contributed by atoms with Gasteiger partial charge in [-0.25, -0.2) is 0 Å². The average Bonchev–Trinajstić information content (AvgIpc) is 1.99. The Balaban J connectivity index is 4.29. The molecule has 0 aromatic heterocycles. The van der Waals surface area contributed by atoms with Crippen molar-refractivity contribution in [1.29, 1.82) is 5.26 Å². The molecule has 0 aliphatic heterocycles. The lowest BCUT2D eigenvalue weighted by molar-refractivity contribution is 0.422. The molecule has 0 heterocycles. The molecule has 0 aliphatic rings. The van der Waals surface area contributed by atoms with Crippen LogP contribution < -0.4 is 0 Å². The maximum Gasteiger partial charge on any atom is 0.281 e. The minimum atomic E-state index is -3.33. The van der Waals surface area contributed by atoms with Crippen LogP contribution in [-0.2, 0) is 10.2 Å². The molecular weight excluding hydrogens is 178 g/mol. The van der Waals surface area contributed by atoms with E-state index in [-0.39, 0.29) is 13.0 Å². The van der Waals surface area contributed by atoms with E-state index >= 15 is 0 Å². The molecule has 0 N–H and O–H groups in total. The molecule has 0 atom stereocenters. The van der Waals surface area contributed by atoms with Gasteiger partial charge < -0.3 is 0 Å². The van der Waals surface area contributed by atoms with Gasteiger partial charge in [0.1, 0.15) is 0 Å². The Morgan fingerprint density at radius 1 is 1.33 bits per heavy atom. The van der Waals surface area contributed by atoms with Gasteiger partial charge in [0.15, 0.2) is 0 Å². The van der Waals surface area contributed by atoms with Crippen molar-refractivity contribution in [2.24, 2.45) is 0 Å². The minimum Gasteiger partial charge on any atom is -0.198 e. The smallest absolute Gasteiger partial charge is 0.198 e. The zero-order chi connectivity index (χ0) is 9.78. The highest BCUT2D eigenvalue weighted by atomic mass is 32.2. The Kier molecular flexibility index (Phi) is 4.17. The van der Waals surface area contributed by atoms with Crippen LogP contribution in [0, 0.1) is 11.3 Å². The largest absolute Gasteiger partial charge is 0.281 e. The van der Waals surface area contributed by atoms with E-state index in [9.17, 15) is 8.42 Å². The van der Waals surface area contributed by atoms with E-state index in [1.165, 1.54) is 21.1 Å². The van der Waals surface area contributed by atoms with E-state index in [0.717, 1.165) is 8.61 Å². The van der Waals surface area contributed by atoms with Gasteiger partial charge in [-0.15, -0.1) is 0 Å². The Morgan fingerprint density at radius 2 is 1.83 bits per heavy atom. The number of nitriles is 1. The average molecular weight is 191 g/mol. The second-order valence-corrected chi connectivity index (χ2v) is 4.77. The quantitative estimate of drug-likeness (QED) is 0.609. The van der Waals surface area contributed by atoms with Crippen LogP contribution in [0.5, 0.6) is 0 Å². The van der Waals surface area contributed by atoms with E-state index < -0.39 is 10.2 Å². The summed E-state index contributed by atoms with van der Waals surface area (Å²) < 4.78 is 24.8. The molecule has 12 heavy (non-hydrogen) atoms. The Labute approximate surface area is 73.4 Å². The van der Waals surface area contributed by atoms with Crippen LogP contribution in [0.2, 0.25) is 0 Å². The lowest BCUT2D eigenvalue weighted by atomic mass is 10.5. The number of hydrogen-bond acceptors (Lipinski definition) is 3. The first-order valence-corrected chi connectivity index (χ1v) is 4.83. The van der Waals surface area contributed by atoms with Gasteiger partial charge in [0.25, 0.3) is 10.2 Å². The predicted octanol–water partition coefficient (Wildman–Crippen LogP) is -0.362. The first-order valence-electron chi connectivity index (χ1n) is 3.43. The van der Waals surface area contributed by atoms with Crippen LogP contribution in [0.1, 0.15) is 6.42 Å². The maximum absolute atomic E-state index is 11.3. The zero-order valence-electron chi connectivity index (χ0n) is 7.48. The van der Waals surface area contributed by atoms with E-state index in [1.54, 1.807) is 0 Å². The van der Waals surface area contributed by atoms with Crippen molar-refractivity contribution in [3.05, 3.63) is 0 Å². The van der Waals surface area contributed by atoms with Crippen molar-refractivity contribution in [2.45, 2.75) is 6.42 Å². The SMILES string of the molecule is CN(C)S(=O)(=O)N(C)CCC#N. The molecule has 0 aliphatic carbocycles. The van der Waals surface area contributed by atoms with Crippen LogP contribution >= 0.6 is 0 Å². The fourth-order valence-electron chi connectivity index (χ4n) is 0.602. The van der Waals surface area contributed by atoms with E-state index in [0.29, 0.717) is 0 Å². The van der Waals surface area contributed by atoms with Gasteiger partial charge in [0.2, 0.25) is 0 Å². The number of hydrogen-bond donors (Lipinski definition) is 0. The molecule has 0 fully saturated rings. The van der Waals surface area contributed by atoms with Gasteiger partial charge in [0.05, 0.1) is 6.07 Å². The fraction of sp³-hybridized carbons (Fsp3) is 0.833. The molecule has 70 valence electrons. The molecule has 0 amide bonds. The monoisotopic (exact) mass is 191 g/mol. The molecule has 0 saturated carbocycles. The molecular formula is C6H13N3O2S. The normalized spacial score (nSPS) is 12.0. The van der Waals surface area contributed by atoms with Crippen molar-refractivity contribution < 1.29 is 8.42 Å². The molecule has 0 saturated heterocycles. The standard InChI is InChI=1S/C6H13N3O2S/c1-8(2)12(10,11)9(3)6-4-5-7/h4,6H2,1-3H3. The summed E-state index contributed by atoms with van der Waals surface area (Å²) in [6.45, 7) is 0.233. The third-order valence-electron chi connectivity index (χ3n) is 1.39. The molecule has 6 heteroatoms. The van der Waals surface area contributed by atoms with E-state index in [2.05, 4.69) is 0 Å². The molecule has 0 bridgehead atoms. The number of nitrogens with zero attached hydrogens (tertiary/aromatic N) is 3. The lowest BCUT2D eigenvalue weighted by Gasteiger charge is -2.19. The highest BCUT2D eigenvalue weighted by Gasteiger charge is 2.19. The van der Waals surface area contributed by atoms with Crippen LogP contribution in [0.4, 0.5) is 0 Å².